The lowest BCUT2D eigenvalue weighted by Crippen LogP contribution is -2.44. The van der Waals surface area contributed by atoms with Crippen molar-refractivity contribution in [3.63, 3.8) is 0 Å². The molecule has 0 amide bonds. The van der Waals surface area contributed by atoms with Crippen LogP contribution in [0.1, 0.15) is 17.6 Å². The molecule has 3 heterocycles. The standard InChI is InChI=1S/C19H19ClF2N6/c20-14-8-16-15(25-1-2-26-16)7-12(14)9-27-17-11-24-10-13(19(21)22)18(17)28-5-3-23-4-6-28/h1-2,7-8,10-11,19,23,27H,3-6,9H2. The van der Waals surface area contributed by atoms with Gasteiger partial charge in [0.15, 0.2) is 0 Å². The van der Waals surface area contributed by atoms with Crippen molar-refractivity contribution in [3.05, 3.63) is 53.1 Å². The number of fused-ring (bicyclic) bond motifs is 1. The number of aromatic nitrogens is 3. The zero-order chi connectivity index (χ0) is 19.5. The molecule has 1 aromatic carbocycles. The van der Waals surface area contributed by atoms with Gasteiger partial charge in [-0.3, -0.25) is 15.0 Å². The molecule has 2 N–H and O–H groups in total. The van der Waals surface area contributed by atoms with E-state index < -0.39 is 6.43 Å². The van der Waals surface area contributed by atoms with Gasteiger partial charge in [0.25, 0.3) is 6.43 Å². The third kappa shape index (κ3) is 3.83. The lowest BCUT2D eigenvalue weighted by atomic mass is 10.1. The number of rotatable bonds is 5. The number of piperazine rings is 1. The molecule has 1 aliphatic heterocycles. The summed E-state index contributed by atoms with van der Waals surface area (Å²) in [5, 5.41) is 7.02. The zero-order valence-corrected chi connectivity index (χ0v) is 15.8. The molecule has 0 saturated carbocycles. The summed E-state index contributed by atoms with van der Waals surface area (Å²) in [5.41, 5.74) is 3.24. The van der Waals surface area contributed by atoms with Gasteiger partial charge in [0.1, 0.15) is 0 Å². The summed E-state index contributed by atoms with van der Waals surface area (Å²) in [7, 11) is 0. The molecule has 0 aliphatic carbocycles. The largest absolute Gasteiger partial charge is 0.378 e. The lowest BCUT2D eigenvalue weighted by molar-refractivity contribution is 0.151. The minimum absolute atomic E-state index is 0.0672. The van der Waals surface area contributed by atoms with Crippen molar-refractivity contribution in [1.29, 1.82) is 0 Å². The number of hydrogen-bond donors (Lipinski definition) is 2. The van der Waals surface area contributed by atoms with E-state index >= 15 is 0 Å². The van der Waals surface area contributed by atoms with Gasteiger partial charge >= 0.3 is 0 Å². The monoisotopic (exact) mass is 404 g/mol. The van der Waals surface area contributed by atoms with Gasteiger partial charge in [0.05, 0.1) is 34.2 Å². The highest BCUT2D eigenvalue weighted by Gasteiger charge is 2.23. The zero-order valence-electron chi connectivity index (χ0n) is 15.0. The SMILES string of the molecule is FC(F)c1cncc(NCc2cc3nccnc3cc2Cl)c1N1CCNCC1. The van der Waals surface area contributed by atoms with Crippen molar-refractivity contribution in [1.82, 2.24) is 20.3 Å². The highest BCUT2D eigenvalue weighted by molar-refractivity contribution is 6.32. The Balaban J connectivity index is 1.64. The summed E-state index contributed by atoms with van der Waals surface area (Å²) in [6, 6.07) is 3.61. The van der Waals surface area contributed by atoms with Crippen LogP contribution in [0.3, 0.4) is 0 Å². The van der Waals surface area contributed by atoms with E-state index in [0.717, 1.165) is 24.2 Å². The van der Waals surface area contributed by atoms with Crippen molar-refractivity contribution in [2.75, 3.05) is 36.4 Å². The maximum atomic E-state index is 13.6. The Morgan fingerprint density at radius 3 is 2.54 bits per heavy atom. The second-order valence-corrected chi connectivity index (χ2v) is 6.91. The van der Waals surface area contributed by atoms with Gasteiger partial charge in [0.2, 0.25) is 0 Å². The summed E-state index contributed by atoms with van der Waals surface area (Å²) >= 11 is 6.38. The minimum Gasteiger partial charge on any atom is -0.378 e. The van der Waals surface area contributed by atoms with E-state index in [9.17, 15) is 8.78 Å². The molecule has 3 aromatic rings. The fourth-order valence-electron chi connectivity index (χ4n) is 3.35. The molecule has 1 saturated heterocycles. The van der Waals surface area contributed by atoms with Gasteiger partial charge in [-0.15, -0.1) is 0 Å². The molecule has 0 radical (unpaired) electrons. The second-order valence-electron chi connectivity index (χ2n) is 6.50. The molecule has 0 bridgehead atoms. The summed E-state index contributed by atoms with van der Waals surface area (Å²) in [5.74, 6) is 0. The van der Waals surface area contributed by atoms with E-state index in [1.165, 1.54) is 6.20 Å². The average Bonchev–Trinajstić information content (AvgIpc) is 2.72. The normalized spacial score (nSPS) is 14.6. The minimum atomic E-state index is -2.60. The number of alkyl halides is 2. The molecule has 2 aromatic heterocycles. The highest BCUT2D eigenvalue weighted by atomic mass is 35.5. The van der Waals surface area contributed by atoms with E-state index in [1.807, 2.05) is 11.0 Å². The second kappa shape index (κ2) is 8.20. The van der Waals surface area contributed by atoms with E-state index in [0.29, 0.717) is 41.5 Å². The van der Waals surface area contributed by atoms with E-state index in [-0.39, 0.29) is 5.56 Å². The summed E-state index contributed by atoms with van der Waals surface area (Å²) in [6.45, 7) is 3.17. The smallest absolute Gasteiger partial charge is 0.267 e. The maximum Gasteiger partial charge on any atom is 0.267 e. The van der Waals surface area contributed by atoms with Crippen LogP contribution < -0.4 is 15.5 Å². The number of benzene rings is 1. The number of halogens is 3. The molecular weight excluding hydrogens is 386 g/mol. The van der Waals surface area contributed by atoms with Crippen molar-refractivity contribution >= 4 is 34.0 Å². The Bertz CT molecular complexity index is 978. The maximum absolute atomic E-state index is 13.6. The summed E-state index contributed by atoms with van der Waals surface area (Å²) in [6.07, 6.45) is 3.45. The molecule has 28 heavy (non-hydrogen) atoms. The van der Waals surface area contributed by atoms with Crippen LogP contribution in [-0.2, 0) is 6.54 Å². The van der Waals surface area contributed by atoms with Crippen LogP contribution in [0.15, 0.2) is 36.9 Å². The molecule has 1 aliphatic rings. The number of pyridine rings is 1. The predicted molar refractivity (Wildman–Crippen MR) is 106 cm³/mol. The fraction of sp³-hybridized carbons (Fsp3) is 0.316. The van der Waals surface area contributed by atoms with Crippen LogP contribution in [0.25, 0.3) is 11.0 Å². The lowest BCUT2D eigenvalue weighted by Gasteiger charge is -2.32. The van der Waals surface area contributed by atoms with Gasteiger partial charge in [-0.25, -0.2) is 8.78 Å². The van der Waals surface area contributed by atoms with Crippen molar-refractivity contribution in [3.8, 4) is 0 Å². The molecule has 0 unspecified atom stereocenters. The number of anilines is 2. The van der Waals surface area contributed by atoms with Crippen LogP contribution >= 0.6 is 11.6 Å². The van der Waals surface area contributed by atoms with Crippen LogP contribution in [0.2, 0.25) is 5.02 Å². The van der Waals surface area contributed by atoms with Crippen molar-refractivity contribution in [2.45, 2.75) is 13.0 Å². The number of hydrogen-bond acceptors (Lipinski definition) is 6. The van der Waals surface area contributed by atoms with Crippen LogP contribution in [-0.4, -0.2) is 41.1 Å². The molecular formula is C19H19ClF2N6. The van der Waals surface area contributed by atoms with Gasteiger partial charge in [-0.2, -0.15) is 0 Å². The predicted octanol–water partition coefficient (Wildman–Crippen LogP) is 3.64. The van der Waals surface area contributed by atoms with Gasteiger partial charge in [-0.05, 0) is 17.7 Å². The summed E-state index contributed by atoms with van der Waals surface area (Å²) < 4.78 is 27.2. The number of nitrogens with zero attached hydrogens (tertiary/aromatic N) is 4. The van der Waals surface area contributed by atoms with Gasteiger partial charge in [0, 0.05) is 56.3 Å². The van der Waals surface area contributed by atoms with E-state index in [4.69, 9.17) is 11.6 Å². The van der Waals surface area contributed by atoms with Crippen LogP contribution in [0, 0.1) is 0 Å². The Morgan fingerprint density at radius 1 is 1.11 bits per heavy atom. The fourth-order valence-corrected chi connectivity index (χ4v) is 3.58. The van der Waals surface area contributed by atoms with Crippen molar-refractivity contribution < 1.29 is 8.78 Å². The Morgan fingerprint density at radius 2 is 1.82 bits per heavy atom. The molecule has 0 atom stereocenters. The quantitative estimate of drug-likeness (QED) is 0.677. The summed E-state index contributed by atoms with van der Waals surface area (Å²) in [4.78, 5) is 14.5. The van der Waals surface area contributed by atoms with Crippen molar-refractivity contribution in [2.24, 2.45) is 0 Å². The Hall–Kier alpha value is -2.58. The first kappa shape index (κ1) is 18.8. The first-order valence-electron chi connectivity index (χ1n) is 8.98. The first-order valence-corrected chi connectivity index (χ1v) is 9.36. The molecule has 4 rings (SSSR count). The van der Waals surface area contributed by atoms with Gasteiger partial charge in [-0.1, -0.05) is 11.6 Å². The van der Waals surface area contributed by atoms with Gasteiger partial charge < -0.3 is 15.5 Å². The number of nitrogens with one attached hydrogen (secondary N) is 2. The molecule has 146 valence electrons. The molecule has 9 heteroatoms. The topological polar surface area (TPSA) is 66.0 Å². The van der Waals surface area contributed by atoms with E-state index in [2.05, 4.69) is 25.6 Å². The third-order valence-corrected chi connectivity index (χ3v) is 5.07. The molecule has 1 fully saturated rings. The average molecular weight is 405 g/mol. The van der Waals surface area contributed by atoms with Crippen LogP contribution in [0.4, 0.5) is 20.2 Å². The first-order chi connectivity index (χ1) is 13.6. The Kier molecular flexibility index (Phi) is 5.50. The molecule has 6 nitrogen and oxygen atoms in total. The third-order valence-electron chi connectivity index (χ3n) is 4.72. The van der Waals surface area contributed by atoms with Crippen LogP contribution in [0.5, 0.6) is 0 Å². The molecule has 0 spiro atoms. The highest BCUT2D eigenvalue weighted by Crippen LogP contribution is 2.36. The Labute approximate surface area is 166 Å². The van der Waals surface area contributed by atoms with E-state index in [1.54, 1.807) is 24.7 Å².